The van der Waals surface area contributed by atoms with Gasteiger partial charge in [-0.1, -0.05) is 42.5 Å². The zero-order chi connectivity index (χ0) is 20.4. The van der Waals surface area contributed by atoms with Gasteiger partial charge >= 0.3 is 5.97 Å². The second-order valence-corrected chi connectivity index (χ2v) is 7.95. The lowest BCUT2D eigenvalue weighted by molar-refractivity contribution is -0.137. The Morgan fingerprint density at radius 2 is 1.79 bits per heavy atom. The van der Waals surface area contributed by atoms with Crippen LogP contribution < -0.4 is 0 Å². The SMILES string of the molecule is O=C(O)CCC/C=C/C[C@H]1[C@@H](CC[C@@H](O)CCc2ccccc2)[C@@H](O)C[C@H]1O. The van der Waals surface area contributed by atoms with Gasteiger partial charge in [-0.25, -0.2) is 0 Å². The fraction of sp³-hybridized carbons (Fsp3) is 0.609. The van der Waals surface area contributed by atoms with E-state index >= 15 is 0 Å². The van der Waals surface area contributed by atoms with E-state index in [9.17, 15) is 20.1 Å². The van der Waals surface area contributed by atoms with Crippen LogP contribution in [0.5, 0.6) is 0 Å². The lowest BCUT2D eigenvalue weighted by atomic mass is 9.85. The Hall–Kier alpha value is -1.69. The highest BCUT2D eigenvalue weighted by atomic mass is 16.4. The number of carbonyl (C=O) groups is 1. The zero-order valence-corrected chi connectivity index (χ0v) is 16.5. The first-order valence-corrected chi connectivity index (χ1v) is 10.4. The van der Waals surface area contributed by atoms with Gasteiger partial charge in [0.25, 0.3) is 0 Å². The number of benzene rings is 1. The smallest absolute Gasteiger partial charge is 0.303 e. The second-order valence-electron chi connectivity index (χ2n) is 7.95. The van der Waals surface area contributed by atoms with Crippen molar-refractivity contribution >= 4 is 5.97 Å². The molecule has 4 N–H and O–H groups in total. The van der Waals surface area contributed by atoms with Crippen molar-refractivity contribution in [2.24, 2.45) is 11.8 Å². The highest BCUT2D eigenvalue weighted by Crippen LogP contribution is 2.38. The highest BCUT2D eigenvalue weighted by Gasteiger charge is 2.40. The van der Waals surface area contributed by atoms with Crippen molar-refractivity contribution in [3.8, 4) is 0 Å². The topological polar surface area (TPSA) is 98.0 Å². The summed E-state index contributed by atoms with van der Waals surface area (Å²) in [5.41, 5.74) is 1.21. The molecule has 1 fully saturated rings. The molecule has 0 spiro atoms. The lowest BCUT2D eigenvalue weighted by Gasteiger charge is -2.23. The van der Waals surface area contributed by atoms with Crippen LogP contribution in [-0.2, 0) is 11.2 Å². The zero-order valence-electron chi connectivity index (χ0n) is 16.5. The van der Waals surface area contributed by atoms with E-state index in [1.54, 1.807) is 0 Å². The van der Waals surface area contributed by atoms with E-state index in [0.717, 1.165) is 6.42 Å². The van der Waals surface area contributed by atoms with Gasteiger partial charge in [-0.15, -0.1) is 0 Å². The molecule has 1 aromatic carbocycles. The molecule has 156 valence electrons. The third kappa shape index (κ3) is 7.74. The number of allylic oxidation sites excluding steroid dienone is 2. The Morgan fingerprint density at radius 3 is 2.50 bits per heavy atom. The third-order valence-electron chi connectivity index (χ3n) is 5.80. The Labute approximate surface area is 167 Å². The van der Waals surface area contributed by atoms with Gasteiger partial charge in [0, 0.05) is 6.42 Å². The maximum Gasteiger partial charge on any atom is 0.303 e. The average Bonchev–Trinajstić information content (AvgIpc) is 2.94. The van der Waals surface area contributed by atoms with Crippen molar-refractivity contribution in [3.05, 3.63) is 48.0 Å². The molecule has 0 unspecified atom stereocenters. The Bertz CT molecular complexity index is 600. The van der Waals surface area contributed by atoms with Gasteiger partial charge in [-0.2, -0.15) is 0 Å². The lowest BCUT2D eigenvalue weighted by Crippen LogP contribution is -2.23. The van der Waals surface area contributed by atoms with E-state index in [2.05, 4.69) is 12.1 Å². The van der Waals surface area contributed by atoms with Crippen molar-refractivity contribution in [1.82, 2.24) is 0 Å². The molecule has 1 aliphatic rings. The largest absolute Gasteiger partial charge is 0.481 e. The number of unbranched alkanes of at least 4 members (excludes halogenated alkanes) is 1. The summed E-state index contributed by atoms with van der Waals surface area (Å²) in [6.45, 7) is 0. The minimum atomic E-state index is -0.784. The quantitative estimate of drug-likeness (QED) is 0.324. The van der Waals surface area contributed by atoms with Crippen LogP contribution in [-0.4, -0.2) is 44.7 Å². The van der Waals surface area contributed by atoms with Crippen LogP contribution in [0.15, 0.2) is 42.5 Å². The van der Waals surface area contributed by atoms with Gasteiger partial charge < -0.3 is 20.4 Å². The summed E-state index contributed by atoms with van der Waals surface area (Å²) >= 11 is 0. The van der Waals surface area contributed by atoms with E-state index in [1.807, 2.05) is 30.4 Å². The van der Waals surface area contributed by atoms with Crippen molar-refractivity contribution in [2.45, 2.75) is 76.1 Å². The van der Waals surface area contributed by atoms with E-state index in [0.29, 0.717) is 44.9 Å². The molecule has 1 saturated carbocycles. The first kappa shape index (κ1) is 22.6. The number of carboxylic acids is 1. The monoisotopic (exact) mass is 390 g/mol. The molecule has 0 saturated heterocycles. The van der Waals surface area contributed by atoms with Crippen LogP contribution in [0.4, 0.5) is 0 Å². The van der Waals surface area contributed by atoms with Crippen molar-refractivity contribution in [2.75, 3.05) is 0 Å². The normalized spacial score (nSPS) is 26.0. The fourth-order valence-corrected chi connectivity index (χ4v) is 4.16. The standard InChI is InChI=1S/C23H34O5/c24-18(13-12-17-8-4-3-5-9-17)14-15-20-19(21(25)16-22(20)26)10-6-1-2-7-11-23(27)28/h1,3-6,8-9,18-22,24-26H,2,7,10-16H2,(H,27,28)/b6-1+/t18-,19-,20+,21+,22-/m0/s1. The fourth-order valence-electron chi connectivity index (χ4n) is 4.16. The molecule has 0 bridgehead atoms. The van der Waals surface area contributed by atoms with Gasteiger partial charge in [0.1, 0.15) is 0 Å². The van der Waals surface area contributed by atoms with Gasteiger partial charge in [-0.05, 0) is 68.8 Å². The summed E-state index contributed by atoms with van der Waals surface area (Å²) in [5.74, 6) is -0.800. The molecule has 0 amide bonds. The number of aliphatic hydroxyl groups excluding tert-OH is 3. The molecule has 1 aromatic rings. The predicted octanol–water partition coefficient (Wildman–Crippen LogP) is 3.32. The van der Waals surface area contributed by atoms with E-state index in [1.165, 1.54) is 5.56 Å². The number of hydrogen-bond acceptors (Lipinski definition) is 4. The van der Waals surface area contributed by atoms with E-state index in [4.69, 9.17) is 5.11 Å². The molecular weight excluding hydrogens is 356 g/mol. The summed E-state index contributed by atoms with van der Waals surface area (Å²) < 4.78 is 0. The van der Waals surface area contributed by atoms with Crippen LogP contribution in [0.3, 0.4) is 0 Å². The Kier molecular flexibility index (Phi) is 9.68. The Balaban J connectivity index is 1.74. The van der Waals surface area contributed by atoms with Crippen LogP contribution in [0.2, 0.25) is 0 Å². The number of rotatable bonds is 12. The molecule has 2 rings (SSSR count). The molecule has 5 heteroatoms. The van der Waals surface area contributed by atoms with Crippen molar-refractivity contribution in [3.63, 3.8) is 0 Å². The van der Waals surface area contributed by atoms with Gasteiger partial charge in [0.15, 0.2) is 0 Å². The van der Waals surface area contributed by atoms with Crippen molar-refractivity contribution in [1.29, 1.82) is 0 Å². The molecule has 0 radical (unpaired) electrons. The Morgan fingerprint density at radius 1 is 1.07 bits per heavy atom. The molecule has 28 heavy (non-hydrogen) atoms. The summed E-state index contributed by atoms with van der Waals surface area (Å²) in [6, 6.07) is 10.1. The molecular formula is C23H34O5. The van der Waals surface area contributed by atoms with Gasteiger partial charge in [-0.3, -0.25) is 4.79 Å². The predicted molar refractivity (Wildman–Crippen MR) is 109 cm³/mol. The second kappa shape index (κ2) is 12.0. The van der Waals surface area contributed by atoms with Crippen LogP contribution >= 0.6 is 0 Å². The number of aliphatic hydroxyl groups is 3. The number of aliphatic carboxylic acids is 1. The van der Waals surface area contributed by atoms with Gasteiger partial charge in [0.05, 0.1) is 18.3 Å². The average molecular weight is 391 g/mol. The molecule has 0 aliphatic heterocycles. The summed E-state index contributed by atoms with van der Waals surface area (Å²) in [4.78, 5) is 10.5. The first-order chi connectivity index (χ1) is 13.5. The van der Waals surface area contributed by atoms with Crippen LogP contribution in [0.25, 0.3) is 0 Å². The molecule has 5 atom stereocenters. The van der Waals surface area contributed by atoms with Crippen LogP contribution in [0, 0.1) is 11.8 Å². The third-order valence-corrected chi connectivity index (χ3v) is 5.80. The summed E-state index contributed by atoms with van der Waals surface area (Å²) in [7, 11) is 0. The van der Waals surface area contributed by atoms with E-state index in [-0.39, 0.29) is 18.3 Å². The molecule has 5 nitrogen and oxygen atoms in total. The number of hydrogen-bond donors (Lipinski definition) is 4. The van der Waals surface area contributed by atoms with Crippen LogP contribution in [0.1, 0.15) is 56.9 Å². The number of aryl methyl sites for hydroxylation is 1. The minimum absolute atomic E-state index is 0.00736. The summed E-state index contributed by atoms with van der Waals surface area (Å²) in [6.07, 6.45) is 7.91. The first-order valence-electron chi connectivity index (χ1n) is 10.4. The van der Waals surface area contributed by atoms with Gasteiger partial charge in [0.2, 0.25) is 0 Å². The highest BCUT2D eigenvalue weighted by molar-refractivity contribution is 5.66. The molecule has 1 aliphatic carbocycles. The van der Waals surface area contributed by atoms with E-state index < -0.39 is 24.3 Å². The maximum absolute atomic E-state index is 10.5. The van der Waals surface area contributed by atoms with Crippen molar-refractivity contribution < 1.29 is 25.2 Å². The molecule has 0 aromatic heterocycles. The maximum atomic E-state index is 10.5. The minimum Gasteiger partial charge on any atom is -0.481 e. The number of carboxylic acid groups (broad SMARTS) is 1. The molecule has 0 heterocycles. The summed E-state index contributed by atoms with van der Waals surface area (Å²) in [5, 5.41) is 39.6.